The van der Waals surface area contributed by atoms with Gasteiger partial charge >= 0.3 is 0 Å². The van der Waals surface area contributed by atoms with E-state index in [2.05, 4.69) is 35.1 Å². The molecule has 0 fully saturated rings. The molecule has 0 unspecified atom stereocenters. The molecule has 2 nitrogen and oxygen atoms in total. The Morgan fingerprint density at radius 1 is 1.44 bits per heavy atom. The molecule has 0 aliphatic rings. The van der Waals surface area contributed by atoms with Crippen molar-refractivity contribution >= 4 is 27.5 Å². The van der Waals surface area contributed by atoms with E-state index in [1.807, 2.05) is 18.2 Å². The first-order chi connectivity index (χ1) is 7.59. The number of nitrogens with one attached hydrogen (secondary N) is 1. The molecule has 16 heavy (non-hydrogen) atoms. The van der Waals surface area contributed by atoms with Gasteiger partial charge in [0.25, 0.3) is 0 Å². The fourth-order valence-electron chi connectivity index (χ4n) is 1.22. The van der Waals surface area contributed by atoms with Gasteiger partial charge in [0.2, 0.25) is 0 Å². The normalized spacial score (nSPS) is 10.8. The lowest BCUT2D eigenvalue weighted by molar-refractivity contribution is 0.309. The minimum absolute atomic E-state index is 0.660. The highest BCUT2D eigenvalue weighted by Crippen LogP contribution is 2.27. The topological polar surface area (TPSA) is 21.3 Å². The SMILES string of the molecule is CC(C)CNCCOc1ccc(Cl)cc1Br. The molecule has 0 aromatic heterocycles. The largest absolute Gasteiger partial charge is 0.491 e. The molecular formula is C12H17BrClNO. The molecule has 0 bridgehead atoms. The molecule has 1 aromatic rings. The second-order valence-corrected chi connectivity index (χ2v) is 5.31. The van der Waals surface area contributed by atoms with Gasteiger partial charge in [0.15, 0.2) is 0 Å². The van der Waals surface area contributed by atoms with Crippen LogP contribution in [0.15, 0.2) is 22.7 Å². The summed E-state index contributed by atoms with van der Waals surface area (Å²) >= 11 is 9.25. The molecule has 0 atom stereocenters. The summed E-state index contributed by atoms with van der Waals surface area (Å²) in [6, 6.07) is 5.52. The van der Waals surface area contributed by atoms with E-state index in [9.17, 15) is 0 Å². The van der Waals surface area contributed by atoms with E-state index in [-0.39, 0.29) is 0 Å². The molecular weight excluding hydrogens is 289 g/mol. The summed E-state index contributed by atoms with van der Waals surface area (Å²) in [6.07, 6.45) is 0. The smallest absolute Gasteiger partial charge is 0.133 e. The molecule has 0 amide bonds. The standard InChI is InChI=1S/C12H17BrClNO/c1-9(2)8-15-5-6-16-12-4-3-10(14)7-11(12)13/h3-4,7,9,15H,5-6,8H2,1-2H3. The summed E-state index contributed by atoms with van der Waals surface area (Å²) in [5, 5.41) is 4.03. The molecule has 1 rings (SSSR count). The Morgan fingerprint density at radius 2 is 2.19 bits per heavy atom. The number of rotatable bonds is 6. The fourth-order valence-corrected chi connectivity index (χ4v) is 2.01. The lowest BCUT2D eigenvalue weighted by Gasteiger charge is -2.10. The first-order valence-corrected chi connectivity index (χ1v) is 6.55. The lowest BCUT2D eigenvalue weighted by Crippen LogP contribution is -2.24. The van der Waals surface area contributed by atoms with Crippen molar-refractivity contribution < 1.29 is 4.74 Å². The van der Waals surface area contributed by atoms with Gasteiger partial charge in [0.05, 0.1) is 4.47 Å². The molecule has 0 saturated heterocycles. The number of benzene rings is 1. The van der Waals surface area contributed by atoms with Gasteiger partial charge in [-0.3, -0.25) is 0 Å². The van der Waals surface area contributed by atoms with Gasteiger partial charge in [0, 0.05) is 11.6 Å². The van der Waals surface area contributed by atoms with E-state index in [0.717, 1.165) is 23.3 Å². The maximum absolute atomic E-state index is 5.84. The third-order valence-corrected chi connectivity index (χ3v) is 2.84. The Bertz CT molecular complexity index is 331. The molecule has 0 heterocycles. The minimum Gasteiger partial charge on any atom is -0.491 e. The summed E-state index contributed by atoms with van der Waals surface area (Å²) in [5.74, 6) is 1.50. The zero-order valence-corrected chi connectivity index (χ0v) is 11.9. The Hall–Kier alpha value is -0.250. The highest BCUT2D eigenvalue weighted by Gasteiger charge is 2.01. The molecule has 0 aliphatic carbocycles. The molecule has 0 aliphatic heterocycles. The van der Waals surface area contributed by atoms with Crippen LogP contribution in [0.2, 0.25) is 5.02 Å². The fraction of sp³-hybridized carbons (Fsp3) is 0.500. The zero-order chi connectivity index (χ0) is 12.0. The van der Waals surface area contributed by atoms with Crippen LogP contribution in [0.4, 0.5) is 0 Å². The van der Waals surface area contributed by atoms with Crippen molar-refractivity contribution in [1.29, 1.82) is 0 Å². The highest BCUT2D eigenvalue weighted by molar-refractivity contribution is 9.10. The van der Waals surface area contributed by atoms with E-state index >= 15 is 0 Å². The summed E-state index contributed by atoms with van der Waals surface area (Å²) in [7, 11) is 0. The second kappa shape index (κ2) is 7.15. The van der Waals surface area contributed by atoms with Crippen LogP contribution in [0.5, 0.6) is 5.75 Å². The zero-order valence-electron chi connectivity index (χ0n) is 9.59. The van der Waals surface area contributed by atoms with E-state index in [4.69, 9.17) is 16.3 Å². The number of halogens is 2. The molecule has 4 heteroatoms. The average molecular weight is 307 g/mol. The molecule has 0 radical (unpaired) electrons. The predicted octanol–water partition coefficient (Wildman–Crippen LogP) is 3.73. The van der Waals surface area contributed by atoms with Gasteiger partial charge in [-0.2, -0.15) is 0 Å². The molecule has 1 aromatic carbocycles. The maximum atomic E-state index is 5.84. The van der Waals surface area contributed by atoms with Gasteiger partial charge in [-0.1, -0.05) is 25.4 Å². The second-order valence-electron chi connectivity index (χ2n) is 4.02. The van der Waals surface area contributed by atoms with Crippen LogP contribution in [0.3, 0.4) is 0 Å². The van der Waals surface area contributed by atoms with E-state index < -0.39 is 0 Å². The lowest BCUT2D eigenvalue weighted by atomic mass is 10.2. The van der Waals surface area contributed by atoms with Gasteiger partial charge in [0.1, 0.15) is 12.4 Å². The van der Waals surface area contributed by atoms with Crippen molar-refractivity contribution in [1.82, 2.24) is 5.32 Å². The van der Waals surface area contributed by atoms with Crippen molar-refractivity contribution in [2.24, 2.45) is 5.92 Å². The number of ether oxygens (including phenoxy) is 1. The summed E-state index contributed by atoms with van der Waals surface area (Å²) in [5.41, 5.74) is 0. The van der Waals surface area contributed by atoms with Gasteiger partial charge < -0.3 is 10.1 Å². The van der Waals surface area contributed by atoms with Gasteiger partial charge in [-0.15, -0.1) is 0 Å². The average Bonchev–Trinajstić information content (AvgIpc) is 2.20. The van der Waals surface area contributed by atoms with Crippen LogP contribution >= 0.6 is 27.5 Å². The van der Waals surface area contributed by atoms with Crippen LogP contribution in [0.1, 0.15) is 13.8 Å². The first kappa shape index (κ1) is 13.8. The summed E-state index contributed by atoms with van der Waals surface area (Å²) < 4.78 is 6.50. The number of hydrogen-bond acceptors (Lipinski definition) is 2. The first-order valence-electron chi connectivity index (χ1n) is 5.38. The Labute approximate surface area is 110 Å². The van der Waals surface area contributed by atoms with Crippen molar-refractivity contribution in [2.75, 3.05) is 19.7 Å². The summed E-state index contributed by atoms with van der Waals surface area (Å²) in [4.78, 5) is 0. The molecule has 90 valence electrons. The molecule has 0 saturated carbocycles. The third-order valence-electron chi connectivity index (χ3n) is 1.98. The molecule has 0 spiro atoms. The third kappa shape index (κ3) is 5.19. The predicted molar refractivity (Wildman–Crippen MR) is 72.4 cm³/mol. The summed E-state index contributed by atoms with van der Waals surface area (Å²) in [6.45, 7) is 6.90. The Morgan fingerprint density at radius 3 is 2.81 bits per heavy atom. The van der Waals surface area contributed by atoms with Crippen molar-refractivity contribution in [3.05, 3.63) is 27.7 Å². The van der Waals surface area contributed by atoms with Crippen molar-refractivity contribution in [3.63, 3.8) is 0 Å². The van der Waals surface area contributed by atoms with Crippen LogP contribution in [0, 0.1) is 5.92 Å². The minimum atomic E-state index is 0.660. The van der Waals surface area contributed by atoms with Gasteiger partial charge in [-0.25, -0.2) is 0 Å². The van der Waals surface area contributed by atoms with Crippen LogP contribution < -0.4 is 10.1 Å². The molecule has 1 N–H and O–H groups in total. The van der Waals surface area contributed by atoms with E-state index in [1.54, 1.807) is 0 Å². The van der Waals surface area contributed by atoms with E-state index in [1.165, 1.54) is 0 Å². The maximum Gasteiger partial charge on any atom is 0.133 e. The van der Waals surface area contributed by atoms with Crippen LogP contribution in [0.25, 0.3) is 0 Å². The highest BCUT2D eigenvalue weighted by atomic mass is 79.9. The van der Waals surface area contributed by atoms with E-state index in [0.29, 0.717) is 17.5 Å². The number of hydrogen-bond donors (Lipinski definition) is 1. The Kier molecular flexibility index (Phi) is 6.17. The van der Waals surface area contributed by atoms with Crippen molar-refractivity contribution in [3.8, 4) is 5.75 Å². The van der Waals surface area contributed by atoms with Gasteiger partial charge in [-0.05, 0) is 46.6 Å². The van der Waals surface area contributed by atoms with Crippen LogP contribution in [-0.2, 0) is 0 Å². The Balaban J connectivity index is 2.27. The van der Waals surface area contributed by atoms with Crippen LogP contribution in [-0.4, -0.2) is 19.7 Å². The van der Waals surface area contributed by atoms with Crippen molar-refractivity contribution in [2.45, 2.75) is 13.8 Å². The quantitative estimate of drug-likeness (QED) is 0.809. The monoisotopic (exact) mass is 305 g/mol.